The van der Waals surface area contributed by atoms with Crippen molar-refractivity contribution in [1.29, 1.82) is 0 Å². The van der Waals surface area contributed by atoms with Crippen LogP contribution in [-0.2, 0) is 14.4 Å². The predicted octanol–water partition coefficient (Wildman–Crippen LogP) is 1.41. The van der Waals surface area contributed by atoms with Crippen LogP contribution < -0.4 is 15.5 Å². The highest BCUT2D eigenvalue weighted by Gasteiger charge is 2.35. The van der Waals surface area contributed by atoms with Gasteiger partial charge < -0.3 is 20.4 Å². The van der Waals surface area contributed by atoms with Crippen molar-refractivity contribution in [3.63, 3.8) is 0 Å². The van der Waals surface area contributed by atoms with E-state index in [0.717, 1.165) is 12.1 Å². The van der Waals surface area contributed by atoms with E-state index in [1.807, 2.05) is 0 Å². The number of hydrogen-bond acceptors (Lipinski definition) is 6. The molecule has 0 radical (unpaired) electrons. The van der Waals surface area contributed by atoms with E-state index in [0.29, 0.717) is 0 Å². The first kappa shape index (κ1) is 22.8. The summed E-state index contributed by atoms with van der Waals surface area (Å²) in [4.78, 5) is 35.3. The predicted molar refractivity (Wildman–Crippen MR) is 102 cm³/mol. The van der Waals surface area contributed by atoms with E-state index in [1.54, 1.807) is 4.90 Å². The molecule has 2 heterocycles. The average molecular weight is 434 g/mol. The molecule has 8 nitrogen and oxygen atoms in total. The van der Waals surface area contributed by atoms with E-state index in [9.17, 15) is 28.3 Å². The lowest BCUT2D eigenvalue weighted by Crippen LogP contribution is -2.47. The topological polar surface area (TPSA) is 119 Å². The van der Waals surface area contributed by atoms with Crippen molar-refractivity contribution in [2.75, 3.05) is 23.3 Å². The van der Waals surface area contributed by atoms with Crippen molar-refractivity contribution in [1.82, 2.24) is 5.32 Å². The lowest BCUT2D eigenvalue weighted by Gasteiger charge is -2.38. The molecule has 0 aliphatic carbocycles. The summed E-state index contributed by atoms with van der Waals surface area (Å²) < 4.78 is 29.1. The van der Waals surface area contributed by atoms with Gasteiger partial charge in [-0.2, -0.15) is 0 Å². The normalized spacial score (nSPS) is 21.2. The third-order valence-electron chi connectivity index (χ3n) is 5.12. The zero-order chi connectivity index (χ0) is 20.5. The number of aliphatic carboxylic acids is 1. The Morgan fingerprint density at radius 1 is 1.24 bits per heavy atom. The minimum Gasteiger partial charge on any atom is -0.481 e. The number of carboxylic acids is 1. The molecule has 160 valence electrons. The smallest absolute Gasteiger partial charge is 0.306 e. The number of amides is 2. The fourth-order valence-electron chi connectivity index (χ4n) is 3.53. The summed E-state index contributed by atoms with van der Waals surface area (Å²) >= 11 is 0. The van der Waals surface area contributed by atoms with Gasteiger partial charge >= 0.3 is 5.97 Å². The third kappa shape index (κ3) is 5.33. The van der Waals surface area contributed by atoms with Crippen molar-refractivity contribution in [2.45, 2.75) is 43.7 Å². The van der Waals surface area contributed by atoms with E-state index in [1.165, 1.54) is 0 Å². The molecule has 2 aliphatic rings. The molecular formula is C18H22ClF2N3O5. The zero-order valence-corrected chi connectivity index (χ0v) is 16.2. The molecule has 29 heavy (non-hydrogen) atoms. The van der Waals surface area contributed by atoms with E-state index < -0.39 is 47.5 Å². The average Bonchev–Trinajstić information content (AvgIpc) is 2.60. The van der Waals surface area contributed by atoms with Gasteiger partial charge in [0.2, 0.25) is 11.8 Å². The molecule has 1 aromatic rings. The van der Waals surface area contributed by atoms with Gasteiger partial charge in [0.05, 0.1) is 23.4 Å². The van der Waals surface area contributed by atoms with Crippen LogP contribution in [0.2, 0.25) is 0 Å². The van der Waals surface area contributed by atoms with Crippen LogP contribution in [0, 0.1) is 11.6 Å². The number of piperidine rings is 2. The second-order valence-electron chi connectivity index (χ2n) is 7.21. The number of benzene rings is 1. The Balaban J connectivity index is 0.00000300. The van der Waals surface area contributed by atoms with Crippen molar-refractivity contribution in [3.05, 3.63) is 23.8 Å². The zero-order valence-electron chi connectivity index (χ0n) is 15.4. The Labute approximate surface area is 171 Å². The number of halogens is 3. The number of nitrogens with zero attached hydrogens (tertiary/aromatic N) is 1. The Kier molecular flexibility index (Phi) is 7.02. The van der Waals surface area contributed by atoms with Crippen molar-refractivity contribution >= 4 is 41.6 Å². The highest BCUT2D eigenvalue weighted by atomic mass is 35.5. The number of carbonyl (C=O) groups excluding carboxylic acids is 2. The van der Waals surface area contributed by atoms with Crippen LogP contribution >= 0.6 is 12.4 Å². The van der Waals surface area contributed by atoms with E-state index in [-0.39, 0.29) is 62.6 Å². The lowest BCUT2D eigenvalue weighted by molar-refractivity contribution is -0.143. The summed E-state index contributed by atoms with van der Waals surface area (Å²) in [6.45, 7) is 0.361. The standard InChI is InChI=1S/C18H21F2N3O5.ClH/c19-10-8-14(23-5-3-18(28,4-6-23)9-16(25)26)11(20)7-13(10)21-12-1-2-15(24)22-17(12)27;/h7-8,12,21,28H,1-6,9H2,(H,25,26)(H,22,24,27);1H. The fourth-order valence-corrected chi connectivity index (χ4v) is 3.53. The van der Waals surface area contributed by atoms with Crippen LogP contribution in [-0.4, -0.2) is 52.7 Å². The Morgan fingerprint density at radius 2 is 1.90 bits per heavy atom. The molecule has 0 aromatic heterocycles. The van der Waals surface area contributed by atoms with Gasteiger partial charge in [-0.25, -0.2) is 8.78 Å². The van der Waals surface area contributed by atoms with Crippen LogP contribution in [0.5, 0.6) is 0 Å². The molecule has 2 amide bonds. The van der Waals surface area contributed by atoms with Gasteiger partial charge in [-0.05, 0) is 19.3 Å². The van der Waals surface area contributed by atoms with Gasteiger partial charge in [0.15, 0.2) is 0 Å². The first-order chi connectivity index (χ1) is 13.2. The minimum absolute atomic E-state index is 0. The van der Waals surface area contributed by atoms with Crippen LogP contribution in [0.25, 0.3) is 0 Å². The molecule has 0 saturated carbocycles. The number of carbonyl (C=O) groups is 3. The van der Waals surface area contributed by atoms with Crippen LogP contribution in [0.15, 0.2) is 12.1 Å². The van der Waals surface area contributed by atoms with Gasteiger partial charge in [0.1, 0.15) is 17.7 Å². The quantitative estimate of drug-likeness (QED) is 0.518. The second-order valence-corrected chi connectivity index (χ2v) is 7.21. The highest BCUT2D eigenvalue weighted by molar-refractivity contribution is 6.01. The largest absolute Gasteiger partial charge is 0.481 e. The number of aliphatic hydroxyl groups is 1. The molecule has 3 rings (SSSR count). The second kappa shape index (κ2) is 8.91. The summed E-state index contributed by atoms with van der Waals surface area (Å²) in [5.74, 6) is -3.57. The first-order valence-corrected chi connectivity index (χ1v) is 8.95. The molecule has 2 fully saturated rings. The maximum atomic E-state index is 14.6. The summed E-state index contributed by atoms with van der Waals surface area (Å²) in [5.41, 5.74) is -1.54. The molecule has 0 bridgehead atoms. The SMILES string of the molecule is Cl.O=C(O)CC1(O)CCN(c2cc(F)c(NC3CCC(=O)NC3=O)cc2F)CC1. The van der Waals surface area contributed by atoms with E-state index in [4.69, 9.17) is 5.11 Å². The number of nitrogens with one attached hydrogen (secondary N) is 2. The maximum Gasteiger partial charge on any atom is 0.306 e. The highest BCUT2D eigenvalue weighted by Crippen LogP contribution is 2.32. The summed E-state index contributed by atoms with van der Waals surface area (Å²) in [7, 11) is 0. The Morgan fingerprint density at radius 3 is 2.48 bits per heavy atom. The molecule has 11 heteroatoms. The van der Waals surface area contributed by atoms with Gasteiger partial charge in [-0.3, -0.25) is 19.7 Å². The van der Waals surface area contributed by atoms with Crippen molar-refractivity contribution < 1.29 is 33.4 Å². The first-order valence-electron chi connectivity index (χ1n) is 8.95. The van der Waals surface area contributed by atoms with E-state index >= 15 is 0 Å². The number of rotatable bonds is 5. The van der Waals surface area contributed by atoms with Crippen LogP contribution in [0.4, 0.5) is 20.2 Å². The summed E-state index contributed by atoms with van der Waals surface area (Å²) in [5, 5.41) is 23.9. The molecule has 1 unspecified atom stereocenters. The number of hydrogen-bond donors (Lipinski definition) is 4. The molecule has 1 atom stereocenters. The van der Waals surface area contributed by atoms with E-state index in [2.05, 4.69) is 10.6 Å². The fraction of sp³-hybridized carbons (Fsp3) is 0.500. The maximum absolute atomic E-state index is 14.6. The lowest BCUT2D eigenvalue weighted by atomic mass is 9.88. The summed E-state index contributed by atoms with van der Waals surface area (Å²) in [6.07, 6.45) is 0.139. The molecule has 0 spiro atoms. The number of carboxylic acid groups (broad SMARTS) is 1. The Hall–Kier alpha value is -2.46. The molecular weight excluding hydrogens is 412 g/mol. The van der Waals surface area contributed by atoms with Crippen molar-refractivity contribution in [2.24, 2.45) is 0 Å². The van der Waals surface area contributed by atoms with Crippen LogP contribution in [0.1, 0.15) is 32.1 Å². The van der Waals surface area contributed by atoms with Gasteiger partial charge in [-0.1, -0.05) is 0 Å². The van der Waals surface area contributed by atoms with Crippen molar-refractivity contribution in [3.8, 4) is 0 Å². The monoisotopic (exact) mass is 433 g/mol. The summed E-state index contributed by atoms with van der Waals surface area (Å²) in [6, 6.07) is 1.12. The van der Waals surface area contributed by atoms with Crippen LogP contribution in [0.3, 0.4) is 0 Å². The van der Waals surface area contributed by atoms with Gasteiger partial charge in [-0.15, -0.1) is 12.4 Å². The number of anilines is 2. The molecule has 2 saturated heterocycles. The Bertz CT molecular complexity index is 815. The van der Waals surface area contributed by atoms with Gasteiger partial charge in [0, 0.05) is 31.6 Å². The molecule has 1 aromatic carbocycles. The minimum atomic E-state index is -1.36. The molecule has 2 aliphatic heterocycles. The number of imide groups is 1. The molecule has 4 N–H and O–H groups in total. The third-order valence-corrected chi connectivity index (χ3v) is 5.12. The van der Waals surface area contributed by atoms with Gasteiger partial charge in [0.25, 0.3) is 0 Å².